The van der Waals surface area contributed by atoms with Crippen molar-refractivity contribution in [3.63, 3.8) is 0 Å². The molecule has 4 nitrogen and oxygen atoms in total. The van der Waals surface area contributed by atoms with Crippen LogP contribution in [0.15, 0.2) is 40.5 Å². The van der Waals surface area contributed by atoms with Crippen LogP contribution in [-0.2, 0) is 4.74 Å². The van der Waals surface area contributed by atoms with Gasteiger partial charge in [0.05, 0.1) is 18.4 Å². The number of halogens is 1. The zero-order chi connectivity index (χ0) is 20.5. The molecule has 1 unspecified atom stereocenters. The predicted molar refractivity (Wildman–Crippen MR) is 119 cm³/mol. The van der Waals surface area contributed by atoms with Gasteiger partial charge in [0, 0.05) is 28.7 Å². The number of pyridine rings is 1. The van der Waals surface area contributed by atoms with Crippen molar-refractivity contribution in [3.05, 3.63) is 68.5 Å². The summed E-state index contributed by atoms with van der Waals surface area (Å²) >= 11 is 3.66. The summed E-state index contributed by atoms with van der Waals surface area (Å²) in [5.41, 5.74) is 7.07. The van der Waals surface area contributed by atoms with Crippen LogP contribution in [0.3, 0.4) is 0 Å². The number of rotatable bonds is 4. The van der Waals surface area contributed by atoms with Gasteiger partial charge in [0.1, 0.15) is 0 Å². The standard InChI is InChI=1S/C24H27BrN2O2/c1-15-12-18(24(28)29-3)4-5-20(15)17-7-10-27(11-8-17)14-19-13-21-22(25)6-9-26-23(21)16(19)2/h4-6,9,12-13,16-17H,7-8,10-11,14H2,1-3H3. The third kappa shape index (κ3) is 4.03. The van der Waals surface area contributed by atoms with Crippen molar-refractivity contribution in [1.29, 1.82) is 0 Å². The summed E-state index contributed by atoms with van der Waals surface area (Å²) in [4.78, 5) is 18.9. The van der Waals surface area contributed by atoms with E-state index in [9.17, 15) is 4.79 Å². The van der Waals surface area contributed by atoms with Crippen LogP contribution in [0.2, 0.25) is 0 Å². The minimum absolute atomic E-state index is 0.268. The molecule has 1 fully saturated rings. The van der Waals surface area contributed by atoms with Crippen LogP contribution in [0.5, 0.6) is 0 Å². The molecular formula is C24H27BrN2O2. The number of benzene rings is 1. The molecule has 0 radical (unpaired) electrons. The van der Waals surface area contributed by atoms with Gasteiger partial charge in [0.25, 0.3) is 0 Å². The first-order valence-electron chi connectivity index (χ1n) is 10.2. The lowest BCUT2D eigenvalue weighted by Crippen LogP contribution is -2.35. The SMILES string of the molecule is COC(=O)c1ccc(C2CCN(CC3=Cc4c(Br)ccnc4C3C)CC2)c(C)c1. The lowest BCUT2D eigenvalue weighted by molar-refractivity contribution is 0.0600. The van der Waals surface area contributed by atoms with Gasteiger partial charge in [-0.2, -0.15) is 0 Å². The maximum atomic E-state index is 11.7. The van der Waals surface area contributed by atoms with Crippen molar-refractivity contribution in [3.8, 4) is 0 Å². The number of hydrogen-bond acceptors (Lipinski definition) is 4. The number of ether oxygens (including phenoxy) is 1. The monoisotopic (exact) mass is 454 g/mol. The van der Waals surface area contributed by atoms with Gasteiger partial charge in [0.15, 0.2) is 0 Å². The second-order valence-corrected chi connectivity index (χ2v) is 9.00. The molecule has 4 rings (SSSR count). The lowest BCUT2D eigenvalue weighted by Gasteiger charge is -2.33. The molecule has 1 aromatic carbocycles. The van der Waals surface area contributed by atoms with Crippen molar-refractivity contribution in [1.82, 2.24) is 9.88 Å². The van der Waals surface area contributed by atoms with E-state index in [1.165, 1.54) is 35.1 Å². The molecule has 0 N–H and O–H groups in total. The highest BCUT2D eigenvalue weighted by Crippen LogP contribution is 2.39. The van der Waals surface area contributed by atoms with Crippen LogP contribution in [-0.4, -0.2) is 42.6 Å². The molecule has 2 aliphatic rings. The molecule has 2 aromatic rings. The highest BCUT2D eigenvalue weighted by molar-refractivity contribution is 9.10. The number of aromatic nitrogens is 1. The first kappa shape index (κ1) is 20.3. The Bertz CT molecular complexity index is 961. The highest BCUT2D eigenvalue weighted by atomic mass is 79.9. The fraction of sp³-hybridized carbons (Fsp3) is 0.417. The number of esters is 1. The van der Waals surface area contributed by atoms with Crippen LogP contribution >= 0.6 is 15.9 Å². The number of carbonyl (C=O) groups excluding carboxylic acids is 1. The Morgan fingerprint density at radius 3 is 2.69 bits per heavy atom. The molecule has 2 heterocycles. The van der Waals surface area contributed by atoms with E-state index in [0.717, 1.165) is 36.9 Å². The van der Waals surface area contributed by atoms with Gasteiger partial charge in [-0.25, -0.2) is 4.79 Å². The first-order valence-corrected chi connectivity index (χ1v) is 11.0. The molecule has 1 aromatic heterocycles. The molecule has 1 saturated heterocycles. The Morgan fingerprint density at radius 1 is 1.28 bits per heavy atom. The number of aryl methyl sites for hydroxylation is 1. The Kier molecular flexibility index (Phi) is 5.88. The van der Waals surface area contributed by atoms with E-state index in [-0.39, 0.29) is 5.97 Å². The quantitative estimate of drug-likeness (QED) is 0.586. The average molecular weight is 455 g/mol. The lowest BCUT2D eigenvalue weighted by atomic mass is 9.86. The summed E-state index contributed by atoms with van der Waals surface area (Å²) in [5, 5.41) is 0. The third-order valence-electron chi connectivity index (χ3n) is 6.39. The summed E-state index contributed by atoms with van der Waals surface area (Å²) < 4.78 is 5.97. The molecule has 0 saturated carbocycles. The van der Waals surface area contributed by atoms with E-state index in [1.54, 1.807) is 0 Å². The van der Waals surface area contributed by atoms with Crippen LogP contribution in [0.1, 0.15) is 64.3 Å². The molecule has 0 spiro atoms. The van der Waals surface area contributed by atoms with Crippen LogP contribution in [0.25, 0.3) is 6.08 Å². The van der Waals surface area contributed by atoms with Gasteiger partial charge in [-0.3, -0.25) is 9.88 Å². The van der Waals surface area contributed by atoms with E-state index in [4.69, 9.17) is 4.74 Å². The van der Waals surface area contributed by atoms with Crippen molar-refractivity contribution >= 4 is 28.0 Å². The fourth-order valence-corrected chi connectivity index (χ4v) is 5.10. The normalized spacial score (nSPS) is 19.7. The summed E-state index contributed by atoms with van der Waals surface area (Å²) in [6.07, 6.45) is 6.50. The number of methoxy groups -OCH3 is 1. The Balaban J connectivity index is 1.39. The topological polar surface area (TPSA) is 42.4 Å². The van der Waals surface area contributed by atoms with Gasteiger partial charge < -0.3 is 4.74 Å². The summed E-state index contributed by atoms with van der Waals surface area (Å²) in [5.74, 6) is 0.671. The molecular weight excluding hydrogens is 428 g/mol. The summed E-state index contributed by atoms with van der Waals surface area (Å²) in [7, 11) is 1.43. The number of carbonyl (C=O) groups is 1. The molecule has 0 bridgehead atoms. The van der Waals surface area contributed by atoms with E-state index in [1.807, 2.05) is 24.4 Å². The van der Waals surface area contributed by atoms with Gasteiger partial charge in [-0.05, 0) is 73.7 Å². The van der Waals surface area contributed by atoms with E-state index < -0.39 is 0 Å². The predicted octanol–water partition coefficient (Wildman–Crippen LogP) is 5.32. The maximum absolute atomic E-state index is 11.7. The molecule has 1 atom stereocenters. The number of piperidine rings is 1. The summed E-state index contributed by atoms with van der Waals surface area (Å²) in [6.45, 7) is 7.56. The van der Waals surface area contributed by atoms with Gasteiger partial charge in [-0.15, -0.1) is 0 Å². The van der Waals surface area contributed by atoms with E-state index in [2.05, 4.69) is 51.8 Å². The Hall–Kier alpha value is -1.98. The molecule has 1 aliphatic carbocycles. The highest BCUT2D eigenvalue weighted by Gasteiger charge is 2.28. The largest absolute Gasteiger partial charge is 0.465 e. The second kappa shape index (κ2) is 8.41. The van der Waals surface area contributed by atoms with Crippen LogP contribution in [0, 0.1) is 6.92 Å². The van der Waals surface area contributed by atoms with Gasteiger partial charge in [0.2, 0.25) is 0 Å². The van der Waals surface area contributed by atoms with E-state index >= 15 is 0 Å². The fourth-order valence-electron chi connectivity index (χ4n) is 4.66. The molecule has 152 valence electrons. The van der Waals surface area contributed by atoms with Crippen molar-refractivity contribution in [2.75, 3.05) is 26.7 Å². The zero-order valence-corrected chi connectivity index (χ0v) is 18.8. The molecule has 29 heavy (non-hydrogen) atoms. The smallest absolute Gasteiger partial charge is 0.337 e. The van der Waals surface area contributed by atoms with Crippen molar-refractivity contribution in [2.45, 2.75) is 38.5 Å². The average Bonchev–Trinajstić information content (AvgIpc) is 3.05. The zero-order valence-electron chi connectivity index (χ0n) is 17.2. The Labute approximate surface area is 181 Å². The van der Waals surface area contributed by atoms with Crippen LogP contribution < -0.4 is 0 Å². The summed E-state index contributed by atoms with van der Waals surface area (Å²) in [6, 6.07) is 7.99. The van der Waals surface area contributed by atoms with Gasteiger partial charge >= 0.3 is 5.97 Å². The number of nitrogens with zero attached hydrogens (tertiary/aromatic N) is 2. The number of likely N-dealkylation sites (tertiary alicyclic amines) is 1. The van der Waals surface area contributed by atoms with Crippen LogP contribution in [0.4, 0.5) is 0 Å². The second-order valence-electron chi connectivity index (χ2n) is 8.15. The first-order chi connectivity index (χ1) is 14.0. The van der Waals surface area contributed by atoms with Crippen molar-refractivity contribution < 1.29 is 9.53 Å². The van der Waals surface area contributed by atoms with E-state index in [0.29, 0.717) is 17.4 Å². The van der Waals surface area contributed by atoms with Gasteiger partial charge in [-0.1, -0.05) is 35.0 Å². The Morgan fingerprint density at radius 2 is 2.03 bits per heavy atom. The number of fused-ring (bicyclic) bond motifs is 1. The maximum Gasteiger partial charge on any atom is 0.337 e. The minimum atomic E-state index is -0.268. The third-order valence-corrected chi connectivity index (χ3v) is 7.08. The van der Waals surface area contributed by atoms with Crippen molar-refractivity contribution in [2.24, 2.45) is 0 Å². The minimum Gasteiger partial charge on any atom is -0.465 e. The molecule has 1 aliphatic heterocycles. The number of hydrogen-bond donors (Lipinski definition) is 0. The molecule has 5 heteroatoms. The molecule has 0 amide bonds.